The molecule has 0 bridgehead atoms. The second kappa shape index (κ2) is 4.41. The van der Waals surface area contributed by atoms with Gasteiger partial charge in [-0.3, -0.25) is 4.79 Å². The smallest absolute Gasteiger partial charge is 0.314 e. The minimum Gasteiger partial charge on any atom is -0.481 e. The van der Waals surface area contributed by atoms with Crippen molar-refractivity contribution in [3.8, 4) is 0 Å². The van der Waals surface area contributed by atoms with Gasteiger partial charge in [-0.1, -0.05) is 37.5 Å². The number of nitrogens with zero attached hydrogens (tertiary/aromatic N) is 1. The Balaban J connectivity index is 2.26. The van der Waals surface area contributed by atoms with Gasteiger partial charge in [0.15, 0.2) is 0 Å². The highest BCUT2D eigenvalue weighted by molar-refractivity contribution is 5.91. The van der Waals surface area contributed by atoms with E-state index < -0.39 is 11.4 Å². The molecular weight excluding hydrogens is 238 g/mol. The normalized spacial score (nSPS) is 18.6. The van der Waals surface area contributed by atoms with Gasteiger partial charge in [-0.05, 0) is 29.9 Å². The molecule has 1 aliphatic rings. The van der Waals surface area contributed by atoms with Crippen molar-refractivity contribution in [3.05, 3.63) is 36.0 Å². The molecule has 0 amide bonds. The Morgan fingerprint density at radius 2 is 1.95 bits per heavy atom. The molecule has 1 aromatic heterocycles. The van der Waals surface area contributed by atoms with Gasteiger partial charge in [-0.25, -0.2) is 0 Å². The van der Waals surface area contributed by atoms with Crippen LogP contribution in [0.3, 0.4) is 0 Å². The molecule has 0 unspecified atom stereocenters. The number of carbonyl (C=O) groups is 1. The Labute approximate surface area is 112 Å². The van der Waals surface area contributed by atoms with Crippen LogP contribution in [0.1, 0.15) is 37.7 Å². The van der Waals surface area contributed by atoms with Crippen molar-refractivity contribution in [3.63, 3.8) is 0 Å². The fourth-order valence-electron chi connectivity index (χ4n) is 3.50. The fourth-order valence-corrected chi connectivity index (χ4v) is 3.50. The number of aliphatic carboxylic acids is 1. The number of aryl methyl sites for hydroxylation is 1. The average Bonchev–Trinajstić information content (AvgIpc) is 2.81. The molecule has 3 rings (SSSR count). The van der Waals surface area contributed by atoms with E-state index >= 15 is 0 Å². The zero-order chi connectivity index (χ0) is 13.5. The summed E-state index contributed by atoms with van der Waals surface area (Å²) in [4.78, 5) is 11.9. The number of rotatable bonds is 2. The van der Waals surface area contributed by atoms with E-state index in [1.165, 1.54) is 0 Å². The highest BCUT2D eigenvalue weighted by Gasteiger charge is 2.42. The molecule has 1 heterocycles. The highest BCUT2D eigenvalue weighted by Crippen LogP contribution is 2.42. The van der Waals surface area contributed by atoms with Crippen LogP contribution in [0.15, 0.2) is 30.5 Å². The van der Waals surface area contributed by atoms with E-state index in [1.54, 1.807) is 0 Å². The highest BCUT2D eigenvalue weighted by atomic mass is 16.4. The number of para-hydroxylation sites is 1. The largest absolute Gasteiger partial charge is 0.481 e. The van der Waals surface area contributed by atoms with E-state index in [2.05, 4.69) is 12.1 Å². The van der Waals surface area contributed by atoms with Crippen LogP contribution in [0.5, 0.6) is 0 Å². The number of carboxylic acid groups (broad SMARTS) is 1. The molecule has 0 atom stereocenters. The maximum atomic E-state index is 11.9. The molecule has 2 aromatic rings. The summed E-state index contributed by atoms with van der Waals surface area (Å²) in [5.41, 5.74) is 1.38. The lowest BCUT2D eigenvalue weighted by atomic mass is 9.69. The predicted molar refractivity (Wildman–Crippen MR) is 75.3 cm³/mol. The van der Waals surface area contributed by atoms with Gasteiger partial charge >= 0.3 is 5.97 Å². The van der Waals surface area contributed by atoms with Gasteiger partial charge in [0, 0.05) is 13.2 Å². The lowest BCUT2D eigenvalue weighted by Gasteiger charge is -2.34. The van der Waals surface area contributed by atoms with Crippen LogP contribution in [0.4, 0.5) is 0 Å². The Bertz CT molecular complexity index is 621. The van der Waals surface area contributed by atoms with Crippen molar-refractivity contribution in [1.82, 2.24) is 4.57 Å². The first kappa shape index (κ1) is 12.3. The SMILES string of the molecule is Cn1ccc2cccc(C3(C(=O)O)CCCCC3)c21. The van der Waals surface area contributed by atoms with Crippen LogP contribution in [-0.2, 0) is 17.3 Å². The molecule has 1 aliphatic carbocycles. The minimum atomic E-state index is -0.691. The molecule has 3 heteroatoms. The predicted octanol–water partition coefficient (Wildman–Crippen LogP) is 3.46. The van der Waals surface area contributed by atoms with E-state index in [0.29, 0.717) is 0 Å². The quantitative estimate of drug-likeness (QED) is 0.895. The Kier molecular flexibility index (Phi) is 2.85. The average molecular weight is 257 g/mol. The van der Waals surface area contributed by atoms with Crippen LogP contribution < -0.4 is 0 Å². The van der Waals surface area contributed by atoms with E-state index in [4.69, 9.17) is 0 Å². The molecule has 0 radical (unpaired) electrons. The molecule has 1 fully saturated rings. The van der Waals surface area contributed by atoms with Gasteiger partial charge in [0.2, 0.25) is 0 Å². The maximum absolute atomic E-state index is 11.9. The summed E-state index contributed by atoms with van der Waals surface area (Å²) < 4.78 is 2.05. The van der Waals surface area contributed by atoms with Gasteiger partial charge in [0.05, 0.1) is 10.9 Å². The number of fused-ring (bicyclic) bond motifs is 1. The third kappa shape index (κ3) is 1.76. The number of carboxylic acids is 1. The van der Waals surface area contributed by atoms with Crippen LogP contribution in [0, 0.1) is 0 Å². The van der Waals surface area contributed by atoms with Gasteiger partial charge < -0.3 is 9.67 Å². The molecule has 1 N–H and O–H groups in total. The molecule has 19 heavy (non-hydrogen) atoms. The second-order valence-corrected chi connectivity index (χ2v) is 5.62. The zero-order valence-electron chi connectivity index (χ0n) is 11.2. The monoisotopic (exact) mass is 257 g/mol. The van der Waals surface area contributed by atoms with Crippen LogP contribution >= 0.6 is 0 Å². The lowest BCUT2D eigenvalue weighted by molar-refractivity contribution is -0.145. The number of hydrogen-bond acceptors (Lipinski definition) is 1. The van der Waals surface area contributed by atoms with Crippen molar-refractivity contribution >= 4 is 16.9 Å². The first-order valence-electron chi connectivity index (χ1n) is 6.93. The van der Waals surface area contributed by atoms with Gasteiger partial charge in [0.25, 0.3) is 0 Å². The van der Waals surface area contributed by atoms with Crippen molar-refractivity contribution in [2.45, 2.75) is 37.5 Å². The molecule has 1 aromatic carbocycles. The van der Waals surface area contributed by atoms with E-state index in [9.17, 15) is 9.90 Å². The topological polar surface area (TPSA) is 42.2 Å². The fraction of sp³-hybridized carbons (Fsp3) is 0.438. The van der Waals surface area contributed by atoms with Gasteiger partial charge in [0.1, 0.15) is 0 Å². The van der Waals surface area contributed by atoms with E-state index in [-0.39, 0.29) is 0 Å². The third-order valence-corrected chi connectivity index (χ3v) is 4.53. The Morgan fingerprint density at radius 1 is 1.21 bits per heavy atom. The maximum Gasteiger partial charge on any atom is 0.314 e. The molecule has 1 saturated carbocycles. The molecule has 0 saturated heterocycles. The summed E-state index contributed by atoms with van der Waals surface area (Å²) in [5.74, 6) is -0.666. The summed E-state index contributed by atoms with van der Waals surface area (Å²) in [6, 6.07) is 8.09. The first-order chi connectivity index (χ1) is 9.15. The zero-order valence-corrected chi connectivity index (χ0v) is 11.2. The van der Waals surface area contributed by atoms with Crippen molar-refractivity contribution in [2.24, 2.45) is 7.05 Å². The van der Waals surface area contributed by atoms with Gasteiger partial charge in [-0.15, -0.1) is 0 Å². The van der Waals surface area contributed by atoms with Crippen LogP contribution in [-0.4, -0.2) is 15.6 Å². The standard InChI is InChI=1S/C16H19NO2/c1-17-11-8-12-6-5-7-13(14(12)17)16(15(18)19)9-3-2-4-10-16/h5-8,11H,2-4,9-10H2,1H3,(H,18,19). The van der Waals surface area contributed by atoms with Crippen LogP contribution in [0.2, 0.25) is 0 Å². The summed E-state index contributed by atoms with van der Waals surface area (Å²) in [6.45, 7) is 0. The molecule has 0 spiro atoms. The van der Waals surface area contributed by atoms with Crippen molar-refractivity contribution in [1.29, 1.82) is 0 Å². The minimum absolute atomic E-state index is 0.666. The first-order valence-corrected chi connectivity index (χ1v) is 6.93. The van der Waals surface area contributed by atoms with Crippen molar-refractivity contribution < 1.29 is 9.90 Å². The van der Waals surface area contributed by atoms with Crippen LogP contribution in [0.25, 0.3) is 10.9 Å². The summed E-state index contributed by atoms with van der Waals surface area (Å²) in [5, 5.41) is 11.0. The summed E-state index contributed by atoms with van der Waals surface area (Å²) >= 11 is 0. The van der Waals surface area contributed by atoms with E-state index in [1.807, 2.05) is 29.9 Å². The molecular formula is C16H19NO2. The number of hydrogen-bond donors (Lipinski definition) is 1. The summed E-state index contributed by atoms with van der Waals surface area (Å²) in [7, 11) is 1.99. The molecule has 0 aliphatic heterocycles. The lowest BCUT2D eigenvalue weighted by Crippen LogP contribution is -2.38. The number of benzene rings is 1. The third-order valence-electron chi connectivity index (χ3n) is 4.53. The van der Waals surface area contributed by atoms with Gasteiger partial charge in [-0.2, -0.15) is 0 Å². The van der Waals surface area contributed by atoms with E-state index in [0.717, 1.165) is 48.6 Å². The van der Waals surface area contributed by atoms with Crippen molar-refractivity contribution in [2.75, 3.05) is 0 Å². The summed E-state index contributed by atoms with van der Waals surface area (Å²) in [6.07, 6.45) is 6.68. The molecule has 100 valence electrons. The number of aromatic nitrogens is 1. The molecule has 3 nitrogen and oxygen atoms in total. The second-order valence-electron chi connectivity index (χ2n) is 5.62. The Morgan fingerprint density at radius 3 is 2.63 bits per heavy atom. The Hall–Kier alpha value is -1.77.